The number of hydrogen-bond acceptors (Lipinski definition) is 3. The molecule has 0 saturated carbocycles. The van der Waals surface area contributed by atoms with Crippen LogP contribution in [0.5, 0.6) is 0 Å². The van der Waals surface area contributed by atoms with Crippen molar-refractivity contribution in [1.82, 2.24) is 4.72 Å². The van der Waals surface area contributed by atoms with Crippen LogP contribution in [0.25, 0.3) is 0 Å². The van der Waals surface area contributed by atoms with Gasteiger partial charge in [0.25, 0.3) is 0 Å². The second-order valence-corrected chi connectivity index (χ2v) is 6.83. The molecular weight excluding hydrogens is 330 g/mol. The lowest BCUT2D eigenvalue weighted by molar-refractivity contribution is 0.459. The first-order chi connectivity index (χ1) is 8.90. The Morgan fingerprint density at radius 3 is 2.63 bits per heavy atom. The molecule has 1 heterocycles. The zero-order valence-corrected chi connectivity index (χ0v) is 13.0. The summed E-state index contributed by atoms with van der Waals surface area (Å²) >= 11 is 3.28. The minimum Gasteiger partial charge on any atom is -0.468 e. The third-order valence-electron chi connectivity index (χ3n) is 2.68. The molecule has 0 spiro atoms. The van der Waals surface area contributed by atoms with E-state index in [-0.39, 0.29) is 4.90 Å². The van der Waals surface area contributed by atoms with Gasteiger partial charge in [0.1, 0.15) is 5.76 Å². The summed E-state index contributed by atoms with van der Waals surface area (Å²) in [6, 6.07) is 8.15. The van der Waals surface area contributed by atoms with Gasteiger partial charge in [0.05, 0.1) is 17.2 Å². The van der Waals surface area contributed by atoms with Gasteiger partial charge in [-0.25, -0.2) is 13.1 Å². The Morgan fingerprint density at radius 1 is 1.32 bits per heavy atom. The maximum absolute atomic E-state index is 12.3. The SMILES string of the molecule is Cc1ccc(S(=O)(=O)NC(C)c2ccco2)c(Br)c1. The van der Waals surface area contributed by atoms with E-state index in [0.29, 0.717) is 10.2 Å². The minimum absolute atomic E-state index is 0.219. The largest absolute Gasteiger partial charge is 0.468 e. The van der Waals surface area contributed by atoms with Crippen molar-refractivity contribution in [3.8, 4) is 0 Å². The quantitative estimate of drug-likeness (QED) is 0.925. The third kappa shape index (κ3) is 3.26. The fraction of sp³-hybridized carbons (Fsp3) is 0.231. The third-order valence-corrected chi connectivity index (χ3v) is 5.20. The maximum Gasteiger partial charge on any atom is 0.242 e. The molecule has 19 heavy (non-hydrogen) atoms. The van der Waals surface area contributed by atoms with Gasteiger partial charge in [-0.3, -0.25) is 0 Å². The van der Waals surface area contributed by atoms with E-state index in [1.54, 1.807) is 37.3 Å². The topological polar surface area (TPSA) is 59.3 Å². The van der Waals surface area contributed by atoms with Crippen LogP contribution in [0.2, 0.25) is 0 Å². The van der Waals surface area contributed by atoms with Crippen molar-refractivity contribution in [3.05, 3.63) is 52.4 Å². The molecule has 1 N–H and O–H groups in total. The van der Waals surface area contributed by atoms with Gasteiger partial charge in [-0.15, -0.1) is 0 Å². The van der Waals surface area contributed by atoms with Gasteiger partial charge in [0.2, 0.25) is 10.0 Å². The molecule has 1 atom stereocenters. The van der Waals surface area contributed by atoms with Crippen molar-refractivity contribution in [3.63, 3.8) is 0 Å². The van der Waals surface area contributed by atoms with E-state index in [4.69, 9.17) is 4.42 Å². The Kier molecular flexibility index (Phi) is 4.13. The van der Waals surface area contributed by atoms with Gasteiger partial charge in [-0.2, -0.15) is 0 Å². The first kappa shape index (κ1) is 14.3. The van der Waals surface area contributed by atoms with E-state index >= 15 is 0 Å². The van der Waals surface area contributed by atoms with E-state index in [1.165, 1.54) is 6.26 Å². The van der Waals surface area contributed by atoms with E-state index in [0.717, 1.165) is 5.56 Å². The zero-order chi connectivity index (χ0) is 14.0. The molecule has 6 heteroatoms. The Hall–Kier alpha value is -1.11. The first-order valence-corrected chi connectivity index (χ1v) is 7.99. The van der Waals surface area contributed by atoms with Crippen LogP contribution in [0.15, 0.2) is 50.4 Å². The summed E-state index contributed by atoms with van der Waals surface area (Å²) in [5.74, 6) is 0.576. The van der Waals surface area contributed by atoms with Crippen LogP contribution < -0.4 is 4.72 Å². The zero-order valence-electron chi connectivity index (χ0n) is 10.6. The normalized spacial score (nSPS) is 13.4. The van der Waals surface area contributed by atoms with Crippen LogP contribution in [0.1, 0.15) is 24.3 Å². The summed E-state index contributed by atoms with van der Waals surface area (Å²) in [4.78, 5) is 0.219. The van der Waals surface area contributed by atoms with Gasteiger partial charge in [0, 0.05) is 4.47 Å². The number of rotatable bonds is 4. The summed E-state index contributed by atoms with van der Waals surface area (Å²) in [6.45, 7) is 3.64. The van der Waals surface area contributed by atoms with E-state index in [2.05, 4.69) is 20.7 Å². The van der Waals surface area contributed by atoms with E-state index in [9.17, 15) is 8.42 Å². The highest BCUT2D eigenvalue weighted by molar-refractivity contribution is 9.10. The van der Waals surface area contributed by atoms with Crippen LogP contribution in [-0.2, 0) is 10.0 Å². The molecule has 2 aromatic rings. The van der Waals surface area contributed by atoms with Gasteiger partial charge >= 0.3 is 0 Å². The molecule has 0 saturated heterocycles. The average molecular weight is 344 g/mol. The highest BCUT2D eigenvalue weighted by Crippen LogP contribution is 2.24. The van der Waals surface area contributed by atoms with Gasteiger partial charge in [-0.1, -0.05) is 6.07 Å². The van der Waals surface area contributed by atoms with Gasteiger partial charge in [-0.05, 0) is 59.6 Å². The lowest BCUT2D eigenvalue weighted by Crippen LogP contribution is -2.27. The number of furan rings is 1. The lowest BCUT2D eigenvalue weighted by atomic mass is 10.2. The Morgan fingerprint density at radius 2 is 2.05 bits per heavy atom. The minimum atomic E-state index is -3.59. The van der Waals surface area contributed by atoms with Crippen LogP contribution in [0.3, 0.4) is 0 Å². The molecular formula is C13H14BrNO3S. The van der Waals surface area contributed by atoms with Crippen LogP contribution in [0.4, 0.5) is 0 Å². The molecule has 4 nitrogen and oxygen atoms in total. The first-order valence-electron chi connectivity index (χ1n) is 5.72. The van der Waals surface area contributed by atoms with Crippen molar-refractivity contribution in [1.29, 1.82) is 0 Å². The molecule has 102 valence electrons. The van der Waals surface area contributed by atoms with Crippen molar-refractivity contribution in [2.45, 2.75) is 24.8 Å². The van der Waals surface area contributed by atoms with E-state index in [1.807, 2.05) is 6.92 Å². The second kappa shape index (κ2) is 5.48. The summed E-state index contributed by atoms with van der Waals surface area (Å²) in [6.07, 6.45) is 1.52. The van der Waals surface area contributed by atoms with Crippen LogP contribution >= 0.6 is 15.9 Å². The summed E-state index contributed by atoms with van der Waals surface area (Å²) in [5.41, 5.74) is 0.991. The molecule has 0 amide bonds. The molecule has 1 aromatic heterocycles. The number of halogens is 1. The summed E-state index contributed by atoms with van der Waals surface area (Å²) in [5, 5.41) is 0. The fourth-order valence-electron chi connectivity index (χ4n) is 1.72. The number of aryl methyl sites for hydroxylation is 1. The van der Waals surface area contributed by atoms with Gasteiger partial charge < -0.3 is 4.42 Å². The second-order valence-electron chi connectivity index (χ2n) is 4.29. The van der Waals surface area contributed by atoms with Crippen molar-refractivity contribution >= 4 is 26.0 Å². The molecule has 1 unspecified atom stereocenters. The summed E-state index contributed by atoms with van der Waals surface area (Å²) < 4.78 is 32.9. The molecule has 0 bridgehead atoms. The van der Waals surface area contributed by atoms with Crippen molar-refractivity contribution < 1.29 is 12.8 Å². The van der Waals surface area contributed by atoms with Crippen LogP contribution in [0, 0.1) is 6.92 Å². The smallest absolute Gasteiger partial charge is 0.242 e. The monoisotopic (exact) mass is 343 g/mol. The molecule has 0 aliphatic rings. The number of sulfonamides is 1. The van der Waals surface area contributed by atoms with Gasteiger partial charge in [0.15, 0.2) is 0 Å². The predicted octanol–water partition coefficient (Wildman–Crippen LogP) is 3.39. The Balaban J connectivity index is 2.28. The maximum atomic E-state index is 12.3. The molecule has 2 rings (SSSR count). The highest BCUT2D eigenvalue weighted by atomic mass is 79.9. The Bertz CT molecular complexity index is 665. The average Bonchev–Trinajstić information content (AvgIpc) is 2.80. The standard InChI is InChI=1S/C13H14BrNO3S/c1-9-5-6-13(11(14)8-9)19(16,17)15-10(2)12-4-3-7-18-12/h3-8,10,15H,1-2H3. The molecule has 0 radical (unpaired) electrons. The highest BCUT2D eigenvalue weighted by Gasteiger charge is 2.21. The van der Waals surface area contributed by atoms with Crippen molar-refractivity contribution in [2.24, 2.45) is 0 Å². The summed E-state index contributed by atoms with van der Waals surface area (Å²) in [7, 11) is -3.59. The van der Waals surface area contributed by atoms with Crippen molar-refractivity contribution in [2.75, 3.05) is 0 Å². The molecule has 0 fully saturated rings. The number of nitrogens with one attached hydrogen (secondary N) is 1. The lowest BCUT2D eigenvalue weighted by Gasteiger charge is -2.13. The Labute approximate surface area is 121 Å². The molecule has 0 aliphatic heterocycles. The number of hydrogen-bond donors (Lipinski definition) is 1. The molecule has 0 aliphatic carbocycles. The van der Waals surface area contributed by atoms with E-state index < -0.39 is 16.1 Å². The molecule has 1 aromatic carbocycles. The number of benzene rings is 1. The fourth-order valence-corrected chi connectivity index (χ4v) is 4.12. The van der Waals surface area contributed by atoms with Crippen LogP contribution in [-0.4, -0.2) is 8.42 Å². The predicted molar refractivity (Wildman–Crippen MR) is 76.3 cm³/mol.